The first-order valence-corrected chi connectivity index (χ1v) is 6.67. The predicted octanol–water partition coefficient (Wildman–Crippen LogP) is 2.00. The van der Waals surface area contributed by atoms with Gasteiger partial charge in [-0.3, -0.25) is 4.79 Å². The van der Waals surface area contributed by atoms with Gasteiger partial charge < -0.3 is 9.64 Å². The molecule has 1 aromatic carbocycles. The Kier molecular flexibility index (Phi) is 3.08. The number of benzene rings is 1. The van der Waals surface area contributed by atoms with E-state index in [1.54, 1.807) is 0 Å². The molecular formula is C15H19NO2. The van der Waals surface area contributed by atoms with E-state index in [9.17, 15) is 4.79 Å². The molecule has 0 radical (unpaired) electrons. The molecule has 0 saturated heterocycles. The summed E-state index contributed by atoms with van der Waals surface area (Å²) in [7, 11) is 1.89. The maximum atomic E-state index is 11.9. The number of carbonyl (C=O) groups is 1. The van der Waals surface area contributed by atoms with E-state index in [-0.39, 0.29) is 12.0 Å². The van der Waals surface area contributed by atoms with Gasteiger partial charge in [-0.1, -0.05) is 24.3 Å². The average molecular weight is 245 g/mol. The normalized spacial score (nSPS) is 22.4. The summed E-state index contributed by atoms with van der Waals surface area (Å²) in [6.07, 6.45) is 3.20. The molecule has 0 aromatic heterocycles. The Morgan fingerprint density at radius 3 is 2.78 bits per heavy atom. The van der Waals surface area contributed by atoms with E-state index in [1.807, 2.05) is 18.0 Å². The first-order valence-electron chi connectivity index (χ1n) is 6.67. The molecule has 2 aliphatic rings. The van der Waals surface area contributed by atoms with E-state index in [1.165, 1.54) is 11.1 Å². The summed E-state index contributed by atoms with van der Waals surface area (Å²) in [5.74, 6) is 0.586. The van der Waals surface area contributed by atoms with Crippen LogP contribution in [0.2, 0.25) is 0 Å². The third-order valence-corrected chi connectivity index (χ3v) is 3.82. The number of carbonyl (C=O) groups excluding carboxylic acids is 1. The van der Waals surface area contributed by atoms with Crippen LogP contribution in [-0.4, -0.2) is 30.5 Å². The van der Waals surface area contributed by atoms with Crippen molar-refractivity contribution in [2.75, 3.05) is 13.6 Å². The third-order valence-electron chi connectivity index (χ3n) is 3.82. The molecule has 1 amide bonds. The fourth-order valence-electron chi connectivity index (χ4n) is 2.56. The molecular weight excluding hydrogens is 226 g/mol. The van der Waals surface area contributed by atoms with Gasteiger partial charge in [0.05, 0.1) is 12.7 Å². The van der Waals surface area contributed by atoms with Gasteiger partial charge in [-0.05, 0) is 24.0 Å². The van der Waals surface area contributed by atoms with Crippen LogP contribution in [0.25, 0.3) is 0 Å². The number of ether oxygens (including phenoxy) is 1. The topological polar surface area (TPSA) is 29.5 Å². The maximum Gasteiger partial charge on any atom is 0.225 e. The number of fused-ring (bicyclic) bond motifs is 1. The van der Waals surface area contributed by atoms with Crippen LogP contribution in [0.1, 0.15) is 24.0 Å². The Morgan fingerprint density at radius 1 is 1.33 bits per heavy atom. The number of hydrogen-bond donors (Lipinski definition) is 0. The molecule has 1 unspecified atom stereocenters. The molecule has 1 fully saturated rings. The molecule has 1 aliphatic carbocycles. The molecule has 3 heteroatoms. The van der Waals surface area contributed by atoms with E-state index in [0.29, 0.717) is 19.1 Å². The average Bonchev–Trinajstić information content (AvgIpc) is 3.22. The first-order chi connectivity index (χ1) is 8.74. The molecule has 0 bridgehead atoms. The molecule has 1 saturated carbocycles. The van der Waals surface area contributed by atoms with Crippen molar-refractivity contribution < 1.29 is 9.53 Å². The third kappa shape index (κ3) is 2.41. The van der Waals surface area contributed by atoms with E-state index in [2.05, 4.69) is 18.2 Å². The predicted molar refractivity (Wildman–Crippen MR) is 69.1 cm³/mol. The molecule has 0 spiro atoms. The van der Waals surface area contributed by atoms with Crippen molar-refractivity contribution in [3.8, 4) is 0 Å². The van der Waals surface area contributed by atoms with E-state index in [0.717, 1.165) is 19.3 Å². The van der Waals surface area contributed by atoms with Crippen molar-refractivity contribution in [2.24, 2.45) is 5.92 Å². The second-order valence-corrected chi connectivity index (χ2v) is 5.40. The summed E-state index contributed by atoms with van der Waals surface area (Å²) in [6, 6.07) is 8.39. The van der Waals surface area contributed by atoms with Crippen LogP contribution in [-0.2, 0) is 22.6 Å². The van der Waals surface area contributed by atoms with Crippen LogP contribution in [0.15, 0.2) is 24.3 Å². The molecule has 1 atom stereocenters. The Bertz CT molecular complexity index is 454. The second-order valence-electron chi connectivity index (χ2n) is 5.40. The standard InChI is InChI=1S/C15H19NO2/c1-16(15(17)11-6-7-11)9-14-8-12-4-2-3-5-13(12)10-18-14/h2-5,11,14H,6-10H2,1H3. The van der Waals surface area contributed by atoms with Gasteiger partial charge in [0.2, 0.25) is 5.91 Å². The summed E-state index contributed by atoms with van der Waals surface area (Å²) in [4.78, 5) is 13.7. The van der Waals surface area contributed by atoms with Crippen LogP contribution >= 0.6 is 0 Å². The molecule has 3 rings (SSSR count). The van der Waals surface area contributed by atoms with Gasteiger partial charge in [-0.25, -0.2) is 0 Å². The smallest absolute Gasteiger partial charge is 0.225 e. The van der Waals surface area contributed by atoms with Gasteiger partial charge in [0.15, 0.2) is 0 Å². The van der Waals surface area contributed by atoms with Crippen molar-refractivity contribution in [2.45, 2.75) is 32.0 Å². The monoisotopic (exact) mass is 245 g/mol. The van der Waals surface area contributed by atoms with Gasteiger partial charge >= 0.3 is 0 Å². The fraction of sp³-hybridized carbons (Fsp3) is 0.533. The molecule has 1 aliphatic heterocycles. The zero-order valence-corrected chi connectivity index (χ0v) is 10.8. The van der Waals surface area contributed by atoms with Crippen LogP contribution in [0.3, 0.4) is 0 Å². The highest BCUT2D eigenvalue weighted by Gasteiger charge is 2.33. The van der Waals surface area contributed by atoms with Crippen LogP contribution in [0.4, 0.5) is 0 Å². The fourth-order valence-corrected chi connectivity index (χ4v) is 2.56. The lowest BCUT2D eigenvalue weighted by Crippen LogP contribution is -2.38. The Labute approximate surface area is 108 Å². The van der Waals surface area contributed by atoms with Crippen molar-refractivity contribution in [1.29, 1.82) is 0 Å². The first kappa shape index (κ1) is 11.7. The molecule has 0 N–H and O–H groups in total. The number of rotatable bonds is 3. The number of likely N-dealkylation sites (N-methyl/N-ethyl adjacent to an activating group) is 1. The van der Waals surface area contributed by atoms with Crippen LogP contribution in [0, 0.1) is 5.92 Å². The highest BCUT2D eigenvalue weighted by molar-refractivity contribution is 5.80. The SMILES string of the molecule is CN(CC1Cc2ccccc2CO1)C(=O)C1CC1. The van der Waals surface area contributed by atoms with Crippen LogP contribution in [0.5, 0.6) is 0 Å². The second kappa shape index (κ2) is 4.73. The van der Waals surface area contributed by atoms with E-state index in [4.69, 9.17) is 4.74 Å². The minimum atomic E-state index is 0.146. The number of amides is 1. The van der Waals surface area contributed by atoms with Gasteiger partial charge in [0.25, 0.3) is 0 Å². The van der Waals surface area contributed by atoms with Gasteiger partial charge in [0.1, 0.15) is 0 Å². The summed E-state index contributed by atoms with van der Waals surface area (Å²) in [5, 5.41) is 0. The Hall–Kier alpha value is -1.35. The number of nitrogens with zero attached hydrogens (tertiary/aromatic N) is 1. The lowest BCUT2D eigenvalue weighted by Gasteiger charge is -2.29. The number of hydrogen-bond acceptors (Lipinski definition) is 2. The van der Waals surface area contributed by atoms with Gasteiger partial charge in [-0.15, -0.1) is 0 Å². The lowest BCUT2D eigenvalue weighted by molar-refractivity contribution is -0.133. The Balaban J connectivity index is 1.60. The minimum Gasteiger partial charge on any atom is -0.371 e. The van der Waals surface area contributed by atoms with E-state index < -0.39 is 0 Å². The molecule has 3 nitrogen and oxygen atoms in total. The highest BCUT2D eigenvalue weighted by atomic mass is 16.5. The van der Waals surface area contributed by atoms with Gasteiger partial charge in [-0.2, -0.15) is 0 Å². The Morgan fingerprint density at radius 2 is 2.06 bits per heavy atom. The van der Waals surface area contributed by atoms with Crippen molar-refractivity contribution in [1.82, 2.24) is 4.90 Å². The van der Waals surface area contributed by atoms with Crippen molar-refractivity contribution in [3.63, 3.8) is 0 Å². The zero-order valence-electron chi connectivity index (χ0n) is 10.8. The summed E-state index contributed by atoms with van der Waals surface area (Å²) >= 11 is 0. The minimum absolute atomic E-state index is 0.146. The summed E-state index contributed by atoms with van der Waals surface area (Å²) in [6.45, 7) is 1.38. The zero-order chi connectivity index (χ0) is 12.5. The summed E-state index contributed by atoms with van der Waals surface area (Å²) in [5.41, 5.74) is 2.64. The molecule has 1 aromatic rings. The molecule has 18 heavy (non-hydrogen) atoms. The van der Waals surface area contributed by atoms with Crippen molar-refractivity contribution >= 4 is 5.91 Å². The molecule has 1 heterocycles. The largest absolute Gasteiger partial charge is 0.371 e. The molecule has 96 valence electrons. The lowest BCUT2D eigenvalue weighted by atomic mass is 9.99. The quantitative estimate of drug-likeness (QED) is 0.815. The summed E-state index contributed by atoms with van der Waals surface area (Å²) < 4.78 is 5.83. The van der Waals surface area contributed by atoms with Crippen molar-refractivity contribution in [3.05, 3.63) is 35.4 Å². The van der Waals surface area contributed by atoms with E-state index >= 15 is 0 Å². The van der Waals surface area contributed by atoms with Crippen LogP contribution < -0.4 is 0 Å². The maximum absolute atomic E-state index is 11.9. The van der Waals surface area contributed by atoms with Gasteiger partial charge in [0, 0.05) is 25.9 Å². The highest BCUT2D eigenvalue weighted by Crippen LogP contribution is 2.31.